The van der Waals surface area contributed by atoms with Crippen LogP contribution >= 0.6 is 23.5 Å². The van der Waals surface area contributed by atoms with E-state index < -0.39 is 11.4 Å². The molecule has 8 heteroatoms. The lowest BCUT2D eigenvalue weighted by atomic mass is 10.2. The molecule has 0 unspecified atom stereocenters. The average Bonchev–Trinajstić information content (AvgIpc) is 3.04. The number of aliphatic hydroxyl groups is 1. The number of nitrogens with zero attached hydrogens (tertiary/aromatic N) is 1. The van der Waals surface area contributed by atoms with E-state index >= 15 is 0 Å². The molecule has 2 aliphatic rings. The van der Waals surface area contributed by atoms with E-state index in [2.05, 4.69) is 5.32 Å². The lowest BCUT2D eigenvalue weighted by Crippen LogP contribution is -2.44. The molecule has 2 aliphatic heterocycles. The molecule has 0 spiro atoms. The molecule has 3 amide bonds. The summed E-state index contributed by atoms with van der Waals surface area (Å²) in [6.45, 7) is 0. The zero-order valence-corrected chi connectivity index (χ0v) is 13.8. The molecule has 3 atom stereocenters. The summed E-state index contributed by atoms with van der Waals surface area (Å²) in [7, 11) is 0. The van der Waals surface area contributed by atoms with Crippen molar-refractivity contribution in [1.82, 2.24) is 5.32 Å². The molecule has 0 aliphatic carbocycles. The molecule has 2 N–H and O–H groups in total. The minimum atomic E-state index is -0.714. The fourth-order valence-corrected chi connectivity index (χ4v) is 4.67. The van der Waals surface area contributed by atoms with Crippen LogP contribution in [-0.4, -0.2) is 51.1 Å². The average molecular weight is 352 g/mol. The molecule has 0 saturated carbocycles. The second-order valence-electron chi connectivity index (χ2n) is 5.36. The van der Waals surface area contributed by atoms with Crippen molar-refractivity contribution < 1.29 is 19.5 Å². The third-order valence-corrected chi connectivity index (χ3v) is 5.91. The van der Waals surface area contributed by atoms with Gasteiger partial charge in [0.15, 0.2) is 0 Å². The van der Waals surface area contributed by atoms with Gasteiger partial charge in [0.1, 0.15) is 5.25 Å². The van der Waals surface area contributed by atoms with Gasteiger partial charge in [-0.3, -0.25) is 14.4 Å². The van der Waals surface area contributed by atoms with Crippen molar-refractivity contribution in [3.8, 4) is 0 Å². The molecule has 122 valence electrons. The maximum absolute atomic E-state index is 12.4. The minimum Gasteiger partial charge on any atom is -0.390 e. The van der Waals surface area contributed by atoms with Crippen LogP contribution in [0, 0.1) is 0 Å². The highest BCUT2D eigenvalue weighted by Crippen LogP contribution is 2.33. The van der Waals surface area contributed by atoms with Crippen molar-refractivity contribution >= 4 is 46.3 Å². The first-order valence-corrected chi connectivity index (χ1v) is 9.24. The van der Waals surface area contributed by atoms with Crippen LogP contribution < -0.4 is 10.2 Å². The third kappa shape index (κ3) is 3.54. The van der Waals surface area contributed by atoms with Gasteiger partial charge >= 0.3 is 0 Å². The Morgan fingerprint density at radius 3 is 2.65 bits per heavy atom. The van der Waals surface area contributed by atoms with Crippen LogP contribution in [0.1, 0.15) is 6.42 Å². The number of hydrogen-bond acceptors (Lipinski definition) is 6. The van der Waals surface area contributed by atoms with Gasteiger partial charge in [0.25, 0.3) is 5.24 Å². The highest BCUT2D eigenvalue weighted by molar-refractivity contribution is 8.15. The van der Waals surface area contributed by atoms with Gasteiger partial charge in [0.2, 0.25) is 11.8 Å². The van der Waals surface area contributed by atoms with Crippen molar-refractivity contribution in [1.29, 1.82) is 0 Å². The Labute approximate surface area is 142 Å². The van der Waals surface area contributed by atoms with Gasteiger partial charge in [-0.15, -0.1) is 0 Å². The van der Waals surface area contributed by atoms with E-state index in [1.165, 1.54) is 0 Å². The standard InChI is InChI=1S/C15H16N2O4S2/c18-11-8-22-7-10(11)16-13(19)6-12-14(20)17(15(21)23-12)9-4-2-1-3-5-9/h1-5,10-12,18H,6-8H2,(H,16,19)/t10-,11+,12-/m0/s1. The molecular weight excluding hydrogens is 336 g/mol. The van der Waals surface area contributed by atoms with Gasteiger partial charge in [0, 0.05) is 17.9 Å². The van der Waals surface area contributed by atoms with E-state index in [1.807, 2.05) is 0 Å². The number of thioether (sulfide) groups is 2. The molecule has 23 heavy (non-hydrogen) atoms. The van der Waals surface area contributed by atoms with E-state index in [0.29, 0.717) is 17.2 Å². The summed E-state index contributed by atoms with van der Waals surface area (Å²) in [5.41, 5.74) is 0.514. The first-order valence-electron chi connectivity index (χ1n) is 7.21. The van der Waals surface area contributed by atoms with Crippen LogP contribution in [0.2, 0.25) is 0 Å². The lowest BCUT2D eigenvalue weighted by Gasteiger charge is -2.17. The predicted molar refractivity (Wildman–Crippen MR) is 90.6 cm³/mol. The van der Waals surface area contributed by atoms with Crippen molar-refractivity contribution in [2.24, 2.45) is 0 Å². The summed E-state index contributed by atoms with van der Waals surface area (Å²) < 4.78 is 0. The highest BCUT2D eigenvalue weighted by Gasteiger charge is 2.42. The highest BCUT2D eigenvalue weighted by atomic mass is 32.2. The smallest absolute Gasteiger partial charge is 0.293 e. The zero-order valence-electron chi connectivity index (χ0n) is 12.2. The van der Waals surface area contributed by atoms with E-state index in [0.717, 1.165) is 16.7 Å². The number of aliphatic hydroxyl groups excluding tert-OH is 1. The number of rotatable bonds is 4. The van der Waals surface area contributed by atoms with Crippen LogP contribution in [0.15, 0.2) is 30.3 Å². The lowest BCUT2D eigenvalue weighted by molar-refractivity contribution is -0.125. The van der Waals surface area contributed by atoms with Crippen molar-refractivity contribution in [3.63, 3.8) is 0 Å². The number of nitrogens with one attached hydrogen (secondary N) is 1. The van der Waals surface area contributed by atoms with Crippen LogP contribution in [0.25, 0.3) is 0 Å². The van der Waals surface area contributed by atoms with Crippen LogP contribution in [0.3, 0.4) is 0 Å². The second kappa shape index (κ2) is 6.94. The molecule has 2 fully saturated rings. The van der Waals surface area contributed by atoms with E-state index in [1.54, 1.807) is 42.1 Å². The fraction of sp³-hybridized carbons (Fsp3) is 0.400. The molecule has 0 radical (unpaired) electrons. The molecule has 1 aromatic rings. The summed E-state index contributed by atoms with van der Waals surface area (Å²) >= 11 is 2.45. The molecule has 1 aromatic carbocycles. The number of hydrogen-bond donors (Lipinski definition) is 2. The number of carbonyl (C=O) groups is 3. The maximum atomic E-state index is 12.4. The monoisotopic (exact) mass is 352 g/mol. The fourth-order valence-electron chi connectivity index (χ4n) is 2.51. The molecule has 2 heterocycles. The Balaban J connectivity index is 1.62. The van der Waals surface area contributed by atoms with Gasteiger partial charge in [-0.05, 0) is 23.9 Å². The number of para-hydroxylation sites is 1. The van der Waals surface area contributed by atoms with Gasteiger partial charge in [-0.2, -0.15) is 11.8 Å². The SMILES string of the molecule is O=C(C[C@@H]1SC(=O)N(c2ccccc2)C1=O)N[C@H]1CSC[C@H]1O. The Morgan fingerprint density at radius 1 is 1.26 bits per heavy atom. The number of carbonyl (C=O) groups excluding carboxylic acids is 3. The second-order valence-corrected chi connectivity index (χ2v) is 7.59. The normalized spacial score (nSPS) is 27.5. The quantitative estimate of drug-likeness (QED) is 0.848. The van der Waals surface area contributed by atoms with Crippen LogP contribution in [0.4, 0.5) is 10.5 Å². The Hall–Kier alpha value is -1.51. The summed E-state index contributed by atoms with van der Waals surface area (Å²) in [5, 5.41) is 11.4. The first-order chi connectivity index (χ1) is 11.1. The number of imide groups is 1. The Bertz CT molecular complexity index is 625. The number of amides is 3. The third-order valence-electron chi connectivity index (χ3n) is 3.70. The van der Waals surface area contributed by atoms with E-state index in [9.17, 15) is 19.5 Å². The van der Waals surface area contributed by atoms with Crippen LogP contribution in [-0.2, 0) is 9.59 Å². The topological polar surface area (TPSA) is 86.7 Å². The number of benzene rings is 1. The van der Waals surface area contributed by atoms with E-state index in [-0.39, 0.29) is 29.5 Å². The Kier molecular flexibility index (Phi) is 4.93. The molecule has 3 rings (SSSR count). The van der Waals surface area contributed by atoms with Gasteiger partial charge in [0.05, 0.1) is 17.8 Å². The zero-order chi connectivity index (χ0) is 16.4. The first kappa shape index (κ1) is 16.4. The summed E-state index contributed by atoms with van der Waals surface area (Å²) in [6.07, 6.45) is -0.620. The summed E-state index contributed by atoms with van der Waals surface area (Å²) in [4.78, 5) is 37.7. The largest absolute Gasteiger partial charge is 0.390 e. The molecule has 0 bridgehead atoms. The molecule has 2 saturated heterocycles. The van der Waals surface area contributed by atoms with Gasteiger partial charge in [-0.1, -0.05) is 18.2 Å². The van der Waals surface area contributed by atoms with Crippen molar-refractivity contribution in [2.75, 3.05) is 16.4 Å². The molecule has 6 nitrogen and oxygen atoms in total. The van der Waals surface area contributed by atoms with Crippen molar-refractivity contribution in [2.45, 2.75) is 23.8 Å². The maximum Gasteiger partial charge on any atom is 0.293 e. The van der Waals surface area contributed by atoms with Gasteiger partial charge < -0.3 is 10.4 Å². The van der Waals surface area contributed by atoms with Crippen molar-refractivity contribution in [3.05, 3.63) is 30.3 Å². The number of anilines is 1. The summed E-state index contributed by atoms with van der Waals surface area (Å²) in [5.74, 6) is 0.573. The molecular formula is C15H16N2O4S2. The Morgan fingerprint density at radius 2 is 2.00 bits per heavy atom. The minimum absolute atomic E-state index is 0.0630. The predicted octanol–water partition coefficient (Wildman–Crippen LogP) is 1.24. The van der Waals surface area contributed by atoms with E-state index in [4.69, 9.17) is 0 Å². The van der Waals surface area contributed by atoms with Gasteiger partial charge in [-0.25, -0.2) is 4.90 Å². The van der Waals surface area contributed by atoms with Crippen LogP contribution in [0.5, 0.6) is 0 Å². The summed E-state index contributed by atoms with van der Waals surface area (Å²) in [6, 6.07) is 8.39. The molecule has 0 aromatic heterocycles.